The highest BCUT2D eigenvalue weighted by molar-refractivity contribution is 5.98. The van der Waals surface area contributed by atoms with E-state index in [9.17, 15) is 9.59 Å². The van der Waals surface area contributed by atoms with Crippen LogP contribution < -0.4 is 16.4 Å². The van der Waals surface area contributed by atoms with Gasteiger partial charge in [0.25, 0.3) is 5.91 Å². The largest absolute Gasteiger partial charge is 0.374 e. The second kappa shape index (κ2) is 13.0. The van der Waals surface area contributed by atoms with E-state index in [0.29, 0.717) is 19.0 Å². The Balaban J connectivity index is 1.44. The van der Waals surface area contributed by atoms with Crippen molar-refractivity contribution in [3.05, 3.63) is 120 Å². The molecule has 4 aromatic rings. The van der Waals surface area contributed by atoms with Crippen LogP contribution >= 0.6 is 0 Å². The third kappa shape index (κ3) is 8.10. The van der Waals surface area contributed by atoms with Crippen molar-refractivity contribution >= 4 is 17.6 Å². The van der Waals surface area contributed by atoms with E-state index in [0.717, 1.165) is 5.56 Å². The lowest BCUT2D eigenvalue weighted by Gasteiger charge is -2.23. The molecule has 0 fully saturated rings. The Labute approximate surface area is 229 Å². The van der Waals surface area contributed by atoms with Gasteiger partial charge in [-0.1, -0.05) is 91.0 Å². The van der Waals surface area contributed by atoms with Gasteiger partial charge in [0.2, 0.25) is 5.91 Å². The van der Waals surface area contributed by atoms with Crippen LogP contribution in [0.2, 0.25) is 0 Å². The lowest BCUT2D eigenvalue weighted by atomic mass is 9.91. The molecule has 0 radical (unpaired) electrons. The predicted molar refractivity (Wildman–Crippen MR) is 152 cm³/mol. The summed E-state index contributed by atoms with van der Waals surface area (Å²) in [7, 11) is 0. The van der Waals surface area contributed by atoms with Crippen LogP contribution in [-0.2, 0) is 27.5 Å². The average Bonchev–Trinajstić information content (AvgIpc) is 3.38. The van der Waals surface area contributed by atoms with Crippen molar-refractivity contribution in [3.8, 4) is 0 Å². The molecule has 1 atom stereocenters. The summed E-state index contributed by atoms with van der Waals surface area (Å²) in [6.45, 7) is 4.09. The number of carbonyl (C=O) groups is 2. The molecule has 1 unspecified atom stereocenters. The lowest BCUT2D eigenvalue weighted by Crippen LogP contribution is -2.56. The summed E-state index contributed by atoms with van der Waals surface area (Å²) >= 11 is 0. The third-order valence-corrected chi connectivity index (χ3v) is 6.28. The smallest absolute Gasteiger partial charge is 0.250 e. The molecule has 0 aliphatic rings. The quantitative estimate of drug-likeness (QED) is 0.258. The number of ether oxygens (including phenoxy) is 1. The van der Waals surface area contributed by atoms with Gasteiger partial charge < -0.3 is 25.7 Å². The van der Waals surface area contributed by atoms with E-state index in [2.05, 4.69) is 39.9 Å². The Morgan fingerprint density at radius 3 is 2.05 bits per heavy atom. The minimum Gasteiger partial charge on any atom is -0.374 e. The van der Waals surface area contributed by atoms with Gasteiger partial charge >= 0.3 is 0 Å². The molecule has 1 heterocycles. The van der Waals surface area contributed by atoms with Crippen molar-refractivity contribution in [3.63, 3.8) is 0 Å². The normalized spacial score (nSPS) is 12.2. The fourth-order valence-corrected chi connectivity index (χ4v) is 4.12. The first kappa shape index (κ1) is 27.8. The number of hydrogen-bond donors (Lipinski definition) is 3. The summed E-state index contributed by atoms with van der Waals surface area (Å²) in [5.74, 6) is -0.400. The van der Waals surface area contributed by atoms with Crippen LogP contribution in [-0.4, -0.2) is 39.6 Å². The molecule has 4 rings (SSSR count). The Kier molecular flexibility index (Phi) is 9.25. The van der Waals surface area contributed by atoms with Crippen molar-refractivity contribution in [2.45, 2.75) is 44.5 Å². The molecule has 1 aromatic heterocycles. The van der Waals surface area contributed by atoms with Crippen LogP contribution in [0.15, 0.2) is 104 Å². The van der Waals surface area contributed by atoms with E-state index in [1.165, 1.54) is 11.1 Å². The van der Waals surface area contributed by atoms with E-state index in [1.807, 2.05) is 71.3 Å². The zero-order valence-electron chi connectivity index (χ0n) is 22.3. The van der Waals surface area contributed by atoms with E-state index < -0.39 is 23.4 Å². The molecule has 39 heavy (non-hydrogen) atoms. The SMILES string of the molecule is CC(C)(N)C(=O)NC(COCc1ccccc1)C(=O)Nc1cn(CC(c2ccccc2)c2ccccc2)cn1. The van der Waals surface area contributed by atoms with Gasteiger partial charge in [-0.05, 0) is 30.5 Å². The van der Waals surface area contributed by atoms with Gasteiger partial charge in [0, 0.05) is 18.7 Å². The van der Waals surface area contributed by atoms with Gasteiger partial charge in [-0.2, -0.15) is 0 Å². The Morgan fingerprint density at radius 2 is 1.49 bits per heavy atom. The molecule has 0 spiro atoms. The maximum atomic E-state index is 13.2. The third-order valence-electron chi connectivity index (χ3n) is 6.28. The van der Waals surface area contributed by atoms with Crippen LogP contribution in [0.25, 0.3) is 0 Å². The van der Waals surface area contributed by atoms with Crippen molar-refractivity contribution in [1.29, 1.82) is 0 Å². The maximum absolute atomic E-state index is 13.2. The first-order chi connectivity index (χ1) is 18.8. The van der Waals surface area contributed by atoms with Gasteiger partial charge in [0.15, 0.2) is 5.82 Å². The minimum absolute atomic E-state index is 0.0205. The van der Waals surface area contributed by atoms with E-state index >= 15 is 0 Å². The molecule has 4 N–H and O–H groups in total. The maximum Gasteiger partial charge on any atom is 0.250 e. The molecule has 2 amide bonds. The number of nitrogens with zero attached hydrogens (tertiary/aromatic N) is 2. The fraction of sp³-hybridized carbons (Fsp3) is 0.258. The first-order valence-corrected chi connectivity index (χ1v) is 12.9. The number of hydrogen-bond acceptors (Lipinski definition) is 5. The second-order valence-electron chi connectivity index (χ2n) is 10.1. The molecule has 0 aliphatic carbocycles. The zero-order valence-corrected chi connectivity index (χ0v) is 22.3. The summed E-state index contributed by atoms with van der Waals surface area (Å²) in [6.07, 6.45) is 3.48. The molecule has 0 bridgehead atoms. The summed E-state index contributed by atoms with van der Waals surface area (Å²) < 4.78 is 7.72. The van der Waals surface area contributed by atoms with Crippen molar-refractivity contribution in [2.75, 3.05) is 11.9 Å². The summed E-state index contributed by atoms with van der Waals surface area (Å²) in [4.78, 5) is 30.2. The zero-order chi connectivity index (χ0) is 27.7. The predicted octanol–water partition coefficient (Wildman–Crippen LogP) is 4.09. The van der Waals surface area contributed by atoms with Crippen LogP contribution in [0.4, 0.5) is 5.82 Å². The lowest BCUT2D eigenvalue weighted by molar-refractivity contribution is -0.130. The minimum atomic E-state index is -1.15. The van der Waals surface area contributed by atoms with Gasteiger partial charge in [-0.25, -0.2) is 4.98 Å². The summed E-state index contributed by atoms with van der Waals surface area (Å²) in [5, 5.41) is 5.52. The second-order valence-corrected chi connectivity index (χ2v) is 10.1. The number of amides is 2. The topological polar surface area (TPSA) is 111 Å². The number of rotatable bonds is 12. The summed E-state index contributed by atoms with van der Waals surface area (Å²) in [5.41, 5.74) is 8.13. The molecular weight excluding hydrogens is 490 g/mol. The Hall–Kier alpha value is -4.27. The van der Waals surface area contributed by atoms with Gasteiger partial charge in [-0.15, -0.1) is 0 Å². The van der Waals surface area contributed by atoms with E-state index in [1.54, 1.807) is 26.4 Å². The van der Waals surface area contributed by atoms with Crippen molar-refractivity contribution in [1.82, 2.24) is 14.9 Å². The molecule has 0 aliphatic heterocycles. The first-order valence-electron chi connectivity index (χ1n) is 12.9. The van der Waals surface area contributed by atoms with Crippen molar-refractivity contribution < 1.29 is 14.3 Å². The number of imidazole rings is 1. The molecule has 3 aromatic carbocycles. The van der Waals surface area contributed by atoms with Gasteiger partial charge in [-0.3, -0.25) is 9.59 Å². The van der Waals surface area contributed by atoms with Crippen LogP contribution in [0.1, 0.15) is 36.5 Å². The van der Waals surface area contributed by atoms with E-state index in [4.69, 9.17) is 10.5 Å². The highest BCUT2D eigenvalue weighted by atomic mass is 16.5. The molecule has 0 saturated carbocycles. The van der Waals surface area contributed by atoms with Gasteiger partial charge in [0.05, 0.1) is 25.1 Å². The fourth-order valence-electron chi connectivity index (χ4n) is 4.12. The number of aromatic nitrogens is 2. The Morgan fingerprint density at radius 1 is 0.923 bits per heavy atom. The Bertz CT molecular complexity index is 1300. The molecule has 8 heteroatoms. The molecule has 202 valence electrons. The number of benzene rings is 3. The highest BCUT2D eigenvalue weighted by Gasteiger charge is 2.28. The van der Waals surface area contributed by atoms with Gasteiger partial charge in [0.1, 0.15) is 6.04 Å². The highest BCUT2D eigenvalue weighted by Crippen LogP contribution is 2.26. The number of carbonyl (C=O) groups excluding carboxylic acids is 2. The molecule has 0 saturated heterocycles. The monoisotopic (exact) mass is 525 g/mol. The summed E-state index contributed by atoms with van der Waals surface area (Å²) in [6, 6.07) is 29.2. The number of nitrogens with one attached hydrogen (secondary N) is 2. The average molecular weight is 526 g/mol. The molecule has 8 nitrogen and oxygen atoms in total. The molecular formula is C31H35N5O3. The number of nitrogens with two attached hydrogens (primary N) is 1. The van der Waals surface area contributed by atoms with Crippen LogP contribution in [0.3, 0.4) is 0 Å². The van der Waals surface area contributed by atoms with Crippen LogP contribution in [0, 0.1) is 0 Å². The number of anilines is 1. The standard InChI is InChI=1S/C31H35N5O3/c1-31(2,32)30(38)34-27(21-39-20-23-12-6-3-7-13-23)29(37)35-28-19-36(22-33-28)18-26(24-14-8-4-9-15-24)25-16-10-5-11-17-25/h3-17,19,22,26-27H,18,20-21,32H2,1-2H3,(H,34,38)(H,35,37). The van der Waals surface area contributed by atoms with E-state index in [-0.39, 0.29) is 12.5 Å². The van der Waals surface area contributed by atoms with Crippen LogP contribution in [0.5, 0.6) is 0 Å². The van der Waals surface area contributed by atoms with Crippen molar-refractivity contribution in [2.24, 2.45) is 5.73 Å².